The van der Waals surface area contributed by atoms with Crippen molar-refractivity contribution in [2.24, 2.45) is 0 Å². The second kappa shape index (κ2) is 3.90. The summed E-state index contributed by atoms with van der Waals surface area (Å²) in [6.07, 6.45) is 5.21. The van der Waals surface area contributed by atoms with Crippen molar-refractivity contribution in [3.05, 3.63) is 0 Å². The van der Waals surface area contributed by atoms with E-state index in [0.717, 1.165) is 6.54 Å². The Morgan fingerprint density at radius 3 is 2.92 bits per heavy atom. The standard InChI is InChI=1S/C9H15NO2/c1-4-5-10-6-8-7-11-9(2,3)12-8/h1,8,10H,5-7H2,2-3H3. The van der Waals surface area contributed by atoms with Crippen LogP contribution in [0.5, 0.6) is 0 Å². The van der Waals surface area contributed by atoms with Gasteiger partial charge < -0.3 is 14.8 Å². The van der Waals surface area contributed by atoms with E-state index in [1.165, 1.54) is 0 Å². The van der Waals surface area contributed by atoms with Gasteiger partial charge in [-0.25, -0.2) is 0 Å². The zero-order chi connectivity index (χ0) is 9.03. The lowest BCUT2D eigenvalue weighted by atomic mass is 10.3. The van der Waals surface area contributed by atoms with Gasteiger partial charge in [0, 0.05) is 6.54 Å². The molecule has 0 amide bonds. The highest BCUT2D eigenvalue weighted by Crippen LogP contribution is 2.21. The summed E-state index contributed by atoms with van der Waals surface area (Å²) in [5.41, 5.74) is 0. The van der Waals surface area contributed by atoms with Crippen LogP contribution in [-0.4, -0.2) is 31.6 Å². The van der Waals surface area contributed by atoms with Gasteiger partial charge >= 0.3 is 0 Å². The van der Waals surface area contributed by atoms with Gasteiger partial charge in [-0.2, -0.15) is 0 Å². The third-order valence-corrected chi connectivity index (χ3v) is 1.67. The Balaban J connectivity index is 2.16. The van der Waals surface area contributed by atoms with Crippen molar-refractivity contribution in [1.29, 1.82) is 0 Å². The molecule has 12 heavy (non-hydrogen) atoms. The Labute approximate surface area is 73.4 Å². The topological polar surface area (TPSA) is 30.5 Å². The minimum Gasteiger partial charge on any atom is -0.348 e. The number of nitrogens with one attached hydrogen (secondary N) is 1. The van der Waals surface area contributed by atoms with Crippen molar-refractivity contribution in [3.63, 3.8) is 0 Å². The molecule has 0 saturated carbocycles. The highest BCUT2D eigenvalue weighted by Gasteiger charge is 2.31. The molecule has 0 aromatic rings. The number of hydrogen-bond acceptors (Lipinski definition) is 3. The molecule has 1 N–H and O–H groups in total. The molecule has 1 heterocycles. The molecule has 1 saturated heterocycles. The summed E-state index contributed by atoms with van der Waals surface area (Å²) >= 11 is 0. The number of hydrogen-bond donors (Lipinski definition) is 1. The van der Waals surface area contributed by atoms with Gasteiger partial charge in [-0.15, -0.1) is 6.42 Å². The van der Waals surface area contributed by atoms with E-state index in [9.17, 15) is 0 Å². The summed E-state index contributed by atoms with van der Waals surface area (Å²) < 4.78 is 10.9. The lowest BCUT2D eigenvalue weighted by Gasteiger charge is -2.16. The van der Waals surface area contributed by atoms with Gasteiger partial charge in [-0.05, 0) is 13.8 Å². The Bertz CT molecular complexity index is 183. The van der Waals surface area contributed by atoms with Crippen molar-refractivity contribution >= 4 is 0 Å². The minimum absolute atomic E-state index is 0.133. The van der Waals surface area contributed by atoms with E-state index in [-0.39, 0.29) is 6.10 Å². The van der Waals surface area contributed by atoms with E-state index in [2.05, 4.69) is 11.2 Å². The molecule has 0 aliphatic carbocycles. The minimum atomic E-state index is -0.428. The molecule has 3 nitrogen and oxygen atoms in total. The third-order valence-electron chi connectivity index (χ3n) is 1.67. The van der Waals surface area contributed by atoms with Crippen LogP contribution in [0, 0.1) is 12.3 Å². The van der Waals surface area contributed by atoms with Crippen LogP contribution < -0.4 is 5.32 Å². The van der Waals surface area contributed by atoms with Crippen LogP contribution in [0.2, 0.25) is 0 Å². The number of ether oxygens (including phenoxy) is 2. The largest absolute Gasteiger partial charge is 0.348 e. The highest BCUT2D eigenvalue weighted by atomic mass is 16.7. The Hall–Kier alpha value is -0.560. The third kappa shape index (κ3) is 2.82. The maximum Gasteiger partial charge on any atom is 0.163 e. The van der Waals surface area contributed by atoms with Crippen LogP contribution in [0.3, 0.4) is 0 Å². The molecule has 1 aliphatic rings. The van der Waals surface area contributed by atoms with E-state index in [1.54, 1.807) is 0 Å². The van der Waals surface area contributed by atoms with E-state index in [0.29, 0.717) is 13.2 Å². The van der Waals surface area contributed by atoms with Crippen LogP contribution in [0.1, 0.15) is 13.8 Å². The normalized spacial score (nSPS) is 26.9. The van der Waals surface area contributed by atoms with E-state index < -0.39 is 5.79 Å². The van der Waals surface area contributed by atoms with E-state index in [1.807, 2.05) is 13.8 Å². The average molecular weight is 169 g/mol. The van der Waals surface area contributed by atoms with Gasteiger partial charge in [0.05, 0.1) is 19.3 Å². The summed E-state index contributed by atoms with van der Waals surface area (Å²) in [6, 6.07) is 0. The summed E-state index contributed by atoms with van der Waals surface area (Å²) in [5.74, 6) is 2.08. The molecule has 1 aliphatic heterocycles. The SMILES string of the molecule is C#CCNCC1COC(C)(C)O1. The molecule has 1 fully saturated rings. The van der Waals surface area contributed by atoms with Crippen LogP contribution in [0.15, 0.2) is 0 Å². The molecule has 3 heteroatoms. The number of rotatable bonds is 3. The van der Waals surface area contributed by atoms with Crippen molar-refractivity contribution in [3.8, 4) is 12.3 Å². The van der Waals surface area contributed by atoms with E-state index >= 15 is 0 Å². The van der Waals surface area contributed by atoms with Gasteiger partial charge in [-0.3, -0.25) is 0 Å². The van der Waals surface area contributed by atoms with E-state index in [4.69, 9.17) is 15.9 Å². The number of terminal acetylenes is 1. The first kappa shape index (κ1) is 9.53. The first-order chi connectivity index (χ1) is 5.64. The van der Waals surface area contributed by atoms with Gasteiger partial charge in [0.1, 0.15) is 0 Å². The molecule has 0 spiro atoms. The van der Waals surface area contributed by atoms with Gasteiger partial charge in [0.15, 0.2) is 5.79 Å². The second-order valence-corrected chi connectivity index (χ2v) is 3.29. The summed E-state index contributed by atoms with van der Waals surface area (Å²) in [7, 11) is 0. The van der Waals surface area contributed by atoms with Crippen molar-refractivity contribution < 1.29 is 9.47 Å². The average Bonchev–Trinajstić information content (AvgIpc) is 2.31. The molecular weight excluding hydrogens is 154 g/mol. The fourth-order valence-electron chi connectivity index (χ4n) is 1.17. The Kier molecular flexibility index (Phi) is 3.10. The maximum absolute atomic E-state index is 5.54. The molecule has 0 aromatic carbocycles. The zero-order valence-electron chi connectivity index (χ0n) is 7.59. The lowest BCUT2D eigenvalue weighted by Crippen LogP contribution is -2.30. The van der Waals surface area contributed by atoms with Crippen molar-refractivity contribution in [2.75, 3.05) is 19.7 Å². The van der Waals surface area contributed by atoms with Crippen LogP contribution in [0.25, 0.3) is 0 Å². The molecular formula is C9H15NO2. The second-order valence-electron chi connectivity index (χ2n) is 3.29. The summed E-state index contributed by atoms with van der Waals surface area (Å²) in [6.45, 7) is 5.81. The zero-order valence-corrected chi connectivity index (χ0v) is 7.59. The fourth-order valence-corrected chi connectivity index (χ4v) is 1.17. The molecule has 1 rings (SSSR count). The molecule has 1 unspecified atom stereocenters. The van der Waals surface area contributed by atoms with Gasteiger partial charge in [0.25, 0.3) is 0 Å². The van der Waals surface area contributed by atoms with Crippen LogP contribution >= 0.6 is 0 Å². The smallest absolute Gasteiger partial charge is 0.163 e. The Morgan fingerprint density at radius 2 is 2.42 bits per heavy atom. The van der Waals surface area contributed by atoms with Crippen molar-refractivity contribution in [1.82, 2.24) is 5.32 Å². The first-order valence-corrected chi connectivity index (χ1v) is 4.10. The predicted octanol–water partition coefficient (Wildman–Crippen LogP) is 0.361. The quantitative estimate of drug-likeness (QED) is 0.489. The van der Waals surface area contributed by atoms with Crippen molar-refractivity contribution in [2.45, 2.75) is 25.7 Å². The summed E-state index contributed by atoms with van der Waals surface area (Å²) in [4.78, 5) is 0. The molecule has 0 bridgehead atoms. The predicted molar refractivity (Wildman–Crippen MR) is 46.6 cm³/mol. The lowest BCUT2D eigenvalue weighted by molar-refractivity contribution is -0.137. The fraction of sp³-hybridized carbons (Fsp3) is 0.778. The molecule has 0 radical (unpaired) electrons. The van der Waals surface area contributed by atoms with Gasteiger partial charge in [0.2, 0.25) is 0 Å². The first-order valence-electron chi connectivity index (χ1n) is 4.10. The maximum atomic E-state index is 5.54. The molecule has 0 aromatic heterocycles. The summed E-state index contributed by atoms with van der Waals surface area (Å²) in [5, 5.41) is 3.07. The molecule has 68 valence electrons. The monoisotopic (exact) mass is 169 g/mol. The van der Waals surface area contributed by atoms with Crippen LogP contribution in [0.4, 0.5) is 0 Å². The Morgan fingerprint density at radius 1 is 1.67 bits per heavy atom. The van der Waals surface area contributed by atoms with Gasteiger partial charge in [-0.1, -0.05) is 5.92 Å². The van der Waals surface area contributed by atoms with Crippen LogP contribution in [-0.2, 0) is 9.47 Å². The highest BCUT2D eigenvalue weighted by molar-refractivity contribution is 4.87. The molecule has 1 atom stereocenters.